The van der Waals surface area contributed by atoms with Crippen molar-refractivity contribution in [1.82, 2.24) is 5.32 Å². The van der Waals surface area contributed by atoms with Crippen LogP contribution in [0.5, 0.6) is 0 Å². The van der Waals surface area contributed by atoms with E-state index in [0.717, 1.165) is 44.9 Å². The Morgan fingerprint density at radius 3 is 1.61 bits per heavy atom. The lowest BCUT2D eigenvalue weighted by Gasteiger charge is -2.21. The normalized spacial score (nSPS) is 14.6. The summed E-state index contributed by atoms with van der Waals surface area (Å²) < 4.78 is 0. The van der Waals surface area contributed by atoms with Crippen molar-refractivity contribution in [3.8, 4) is 0 Å². The molecule has 0 aromatic rings. The molecule has 3 unspecified atom stereocenters. The Kier molecular flexibility index (Phi) is 27.5. The fourth-order valence-electron chi connectivity index (χ4n) is 4.39. The van der Waals surface area contributed by atoms with Crippen molar-refractivity contribution < 1.29 is 20.1 Å². The molecule has 0 bridgehead atoms. The van der Waals surface area contributed by atoms with Crippen LogP contribution in [-0.4, -0.2) is 46.1 Å². The minimum absolute atomic E-state index is 0.381. The lowest BCUT2D eigenvalue weighted by atomic mass is 10.0. The first kappa shape index (κ1) is 36.6. The van der Waals surface area contributed by atoms with Gasteiger partial charge in [-0.25, -0.2) is 0 Å². The van der Waals surface area contributed by atoms with E-state index in [4.69, 9.17) is 0 Å². The van der Waals surface area contributed by atoms with E-state index in [1.165, 1.54) is 77.0 Å². The highest BCUT2D eigenvalue weighted by Crippen LogP contribution is 2.12. The van der Waals surface area contributed by atoms with E-state index in [1.807, 2.05) is 6.08 Å². The zero-order valence-electron chi connectivity index (χ0n) is 24.8. The Labute approximate surface area is 234 Å². The molecule has 222 valence electrons. The first-order chi connectivity index (χ1) is 18.6. The molecule has 1 amide bonds. The predicted octanol–water partition coefficient (Wildman–Crippen LogP) is 7.70. The second-order valence-corrected chi connectivity index (χ2v) is 10.6. The number of aliphatic hydroxyl groups excluding tert-OH is 3. The van der Waals surface area contributed by atoms with Crippen molar-refractivity contribution in [2.24, 2.45) is 0 Å². The highest BCUT2D eigenvalue weighted by molar-refractivity contribution is 5.80. The second kappa shape index (κ2) is 28.6. The van der Waals surface area contributed by atoms with Crippen LogP contribution in [0.1, 0.15) is 142 Å². The third kappa shape index (κ3) is 23.7. The first-order valence-electron chi connectivity index (χ1n) is 15.8. The average Bonchev–Trinajstić information content (AvgIpc) is 2.92. The van der Waals surface area contributed by atoms with Crippen molar-refractivity contribution in [2.75, 3.05) is 6.61 Å². The topological polar surface area (TPSA) is 89.8 Å². The van der Waals surface area contributed by atoms with Gasteiger partial charge in [0.2, 0.25) is 5.91 Å². The summed E-state index contributed by atoms with van der Waals surface area (Å²) in [5.74, 6) is -0.524. The van der Waals surface area contributed by atoms with Crippen LogP contribution in [-0.2, 0) is 4.79 Å². The third-order valence-electron chi connectivity index (χ3n) is 6.96. The van der Waals surface area contributed by atoms with E-state index in [1.54, 1.807) is 6.08 Å². The van der Waals surface area contributed by atoms with Crippen LogP contribution in [0.2, 0.25) is 0 Å². The number of aliphatic hydroxyl groups is 3. The number of amides is 1. The molecule has 0 saturated carbocycles. The maximum absolute atomic E-state index is 12.3. The number of hydrogen-bond donors (Lipinski definition) is 4. The predicted molar refractivity (Wildman–Crippen MR) is 162 cm³/mol. The largest absolute Gasteiger partial charge is 0.394 e. The van der Waals surface area contributed by atoms with Crippen LogP contribution in [0.15, 0.2) is 36.5 Å². The molecule has 0 aromatic carbocycles. The van der Waals surface area contributed by atoms with Crippen LogP contribution in [0.4, 0.5) is 0 Å². The summed E-state index contributed by atoms with van der Waals surface area (Å²) in [6.07, 6.45) is 33.0. The second-order valence-electron chi connectivity index (χ2n) is 10.6. The quantitative estimate of drug-likeness (QED) is 0.0641. The Balaban J connectivity index is 3.92. The van der Waals surface area contributed by atoms with Gasteiger partial charge in [-0.15, -0.1) is 0 Å². The summed E-state index contributed by atoms with van der Waals surface area (Å²) in [5, 5.41) is 32.7. The van der Waals surface area contributed by atoms with Crippen LogP contribution in [0, 0.1) is 0 Å². The zero-order chi connectivity index (χ0) is 28.1. The maximum Gasteiger partial charge on any atom is 0.249 e. The van der Waals surface area contributed by atoms with Gasteiger partial charge in [0.15, 0.2) is 0 Å². The molecule has 0 fully saturated rings. The first-order valence-corrected chi connectivity index (χ1v) is 15.8. The molecular weight excluding hydrogens is 474 g/mol. The summed E-state index contributed by atoms with van der Waals surface area (Å²) >= 11 is 0. The van der Waals surface area contributed by atoms with Crippen molar-refractivity contribution in [1.29, 1.82) is 0 Å². The van der Waals surface area contributed by atoms with Crippen LogP contribution >= 0.6 is 0 Å². The number of nitrogens with one attached hydrogen (secondary N) is 1. The van der Waals surface area contributed by atoms with Crippen LogP contribution in [0.25, 0.3) is 0 Å². The van der Waals surface area contributed by atoms with Crippen molar-refractivity contribution in [2.45, 2.75) is 161 Å². The molecule has 0 saturated heterocycles. The van der Waals surface area contributed by atoms with Crippen molar-refractivity contribution >= 4 is 5.91 Å². The molecule has 38 heavy (non-hydrogen) atoms. The maximum atomic E-state index is 12.3. The molecule has 4 N–H and O–H groups in total. The molecular formula is C33H61NO4. The number of carbonyl (C=O) groups is 1. The standard InChI is InChI=1S/C33H61NO4/c1-3-5-7-9-11-13-14-15-16-17-18-20-21-23-25-27-31(36)30(29-35)34-33(38)32(37)28-26-24-22-19-12-10-8-6-4-2/h14-15,18,20,25,27,30-32,35-37H,3-13,16-17,19,21-24,26,28-29H2,1-2H3,(H,34,38)/b15-14+,20-18+,27-25+. The fraction of sp³-hybridized carbons (Fsp3) is 0.788. The molecule has 0 rings (SSSR count). The van der Waals surface area contributed by atoms with E-state index in [2.05, 4.69) is 43.5 Å². The van der Waals surface area contributed by atoms with E-state index < -0.39 is 24.2 Å². The van der Waals surface area contributed by atoms with Gasteiger partial charge < -0.3 is 20.6 Å². The van der Waals surface area contributed by atoms with Gasteiger partial charge in [-0.3, -0.25) is 4.79 Å². The SMILES string of the molecule is CCCCCCC/C=C/CC/C=C/CC/C=C/C(O)C(CO)NC(=O)C(O)CCCCCCCCCCC. The van der Waals surface area contributed by atoms with Crippen molar-refractivity contribution in [3.05, 3.63) is 36.5 Å². The highest BCUT2D eigenvalue weighted by Gasteiger charge is 2.22. The highest BCUT2D eigenvalue weighted by atomic mass is 16.3. The minimum atomic E-state index is -1.10. The van der Waals surface area contributed by atoms with Gasteiger partial charge >= 0.3 is 0 Å². The number of hydrogen-bond acceptors (Lipinski definition) is 4. The van der Waals surface area contributed by atoms with Gasteiger partial charge in [0.05, 0.1) is 18.8 Å². The fourth-order valence-corrected chi connectivity index (χ4v) is 4.39. The monoisotopic (exact) mass is 535 g/mol. The van der Waals surface area contributed by atoms with E-state index in [-0.39, 0.29) is 6.61 Å². The Hall–Kier alpha value is -1.43. The summed E-state index contributed by atoms with van der Waals surface area (Å²) in [7, 11) is 0. The molecule has 5 nitrogen and oxygen atoms in total. The molecule has 5 heteroatoms. The van der Waals surface area contributed by atoms with E-state index in [0.29, 0.717) is 6.42 Å². The Morgan fingerprint density at radius 2 is 1.08 bits per heavy atom. The summed E-state index contributed by atoms with van der Waals surface area (Å²) in [4.78, 5) is 12.3. The van der Waals surface area contributed by atoms with Crippen LogP contribution < -0.4 is 5.32 Å². The minimum Gasteiger partial charge on any atom is -0.394 e. The Bertz CT molecular complexity index is 602. The van der Waals surface area contributed by atoms with Gasteiger partial charge in [0.1, 0.15) is 6.10 Å². The van der Waals surface area contributed by atoms with Gasteiger partial charge in [-0.2, -0.15) is 0 Å². The molecule has 3 atom stereocenters. The summed E-state index contributed by atoms with van der Waals surface area (Å²) in [5.41, 5.74) is 0. The van der Waals surface area contributed by atoms with Gasteiger partial charge in [0.25, 0.3) is 0 Å². The smallest absolute Gasteiger partial charge is 0.249 e. The van der Waals surface area contributed by atoms with E-state index >= 15 is 0 Å². The molecule has 0 aliphatic heterocycles. The molecule has 0 aromatic heterocycles. The third-order valence-corrected chi connectivity index (χ3v) is 6.96. The van der Waals surface area contributed by atoms with E-state index in [9.17, 15) is 20.1 Å². The average molecular weight is 536 g/mol. The number of rotatable bonds is 27. The lowest BCUT2D eigenvalue weighted by Crippen LogP contribution is -2.48. The molecule has 0 aliphatic carbocycles. The van der Waals surface area contributed by atoms with Crippen LogP contribution in [0.3, 0.4) is 0 Å². The Morgan fingerprint density at radius 1 is 0.632 bits per heavy atom. The number of allylic oxidation sites excluding steroid dienone is 5. The van der Waals surface area contributed by atoms with Crippen molar-refractivity contribution in [3.63, 3.8) is 0 Å². The van der Waals surface area contributed by atoms with Gasteiger partial charge in [0, 0.05) is 0 Å². The molecule has 0 heterocycles. The molecule has 0 radical (unpaired) electrons. The van der Waals surface area contributed by atoms with Gasteiger partial charge in [-0.1, -0.05) is 134 Å². The van der Waals surface area contributed by atoms with Gasteiger partial charge in [-0.05, 0) is 44.9 Å². The number of unbranched alkanes of at least 4 members (excludes halogenated alkanes) is 15. The molecule has 0 aliphatic rings. The number of carbonyl (C=O) groups excluding carboxylic acids is 1. The lowest BCUT2D eigenvalue weighted by molar-refractivity contribution is -0.131. The zero-order valence-corrected chi connectivity index (χ0v) is 24.8. The summed E-state index contributed by atoms with van der Waals surface area (Å²) in [6, 6.07) is -0.814. The molecule has 0 spiro atoms. The summed E-state index contributed by atoms with van der Waals surface area (Å²) in [6.45, 7) is 4.09.